The van der Waals surface area contributed by atoms with E-state index in [0.29, 0.717) is 6.61 Å². The highest BCUT2D eigenvalue weighted by atomic mass is 19.4. The van der Waals surface area contributed by atoms with Gasteiger partial charge in [-0.1, -0.05) is 30.3 Å². The van der Waals surface area contributed by atoms with Gasteiger partial charge in [-0.05, 0) is 53.9 Å². The van der Waals surface area contributed by atoms with Crippen molar-refractivity contribution < 1.29 is 37.3 Å². The van der Waals surface area contributed by atoms with Gasteiger partial charge >= 0.3 is 12.1 Å². The van der Waals surface area contributed by atoms with Crippen LogP contribution in [-0.4, -0.2) is 37.0 Å². The number of halogens is 3. The van der Waals surface area contributed by atoms with E-state index in [1.807, 2.05) is 36.4 Å². The summed E-state index contributed by atoms with van der Waals surface area (Å²) in [5.74, 6) is -0.524. The van der Waals surface area contributed by atoms with Crippen molar-refractivity contribution in [2.75, 3.05) is 13.7 Å². The Morgan fingerprint density at radius 2 is 1.71 bits per heavy atom. The topological polar surface area (TPSA) is 103 Å². The Balaban J connectivity index is 0.000000364. The highest BCUT2D eigenvalue weighted by Crippen LogP contribution is 2.52. The van der Waals surface area contributed by atoms with Crippen molar-refractivity contribution in [1.29, 1.82) is 0 Å². The molecular formula is C25H21F3N2O5. The number of rotatable bonds is 2. The van der Waals surface area contributed by atoms with Crippen molar-refractivity contribution in [2.24, 2.45) is 10.7 Å². The van der Waals surface area contributed by atoms with Crippen molar-refractivity contribution in [1.82, 2.24) is 0 Å². The molecule has 7 nitrogen and oxygen atoms in total. The summed E-state index contributed by atoms with van der Waals surface area (Å²) in [7, 11) is 1.64. The van der Waals surface area contributed by atoms with Gasteiger partial charge in [0.05, 0.1) is 7.11 Å². The molecule has 182 valence electrons. The zero-order chi connectivity index (χ0) is 25.4. The molecule has 0 saturated heterocycles. The van der Waals surface area contributed by atoms with Gasteiger partial charge in [0.25, 0.3) is 6.02 Å². The molecule has 3 aromatic rings. The maximum Gasteiger partial charge on any atom is 0.490 e. The fourth-order valence-corrected chi connectivity index (χ4v) is 4.03. The zero-order valence-electron chi connectivity index (χ0n) is 18.7. The molecule has 0 radical (unpaired) electrons. The van der Waals surface area contributed by atoms with Crippen LogP contribution in [0, 0.1) is 6.92 Å². The highest BCUT2D eigenvalue weighted by molar-refractivity contribution is 5.78. The molecule has 0 bridgehead atoms. The van der Waals surface area contributed by atoms with Crippen LogP contribution in [0.2, 0.25) is 0 Å². The van der Waals surface area contributed by atoms with Crippen molar-refractivity contribution >= 4 is 12.0 Å². The molecule has 1 spiro atoms. The summed E-state index contributed by atoms with van der Waals surface area (Å²) < 4.78 is 49.0. The summed E-state index contributed by atoms with van der Waals surface area (Å²) in [6.07, 6.45) is -5.08. The molecule has 3 N–H and O–H groups in total. The SMILES string of the molecule is COc1ccc2c(c1)C1(COC(N)=N1)c1cc(-c3ccccc3C)ccc1O2.O=C(O)C(F)(F)F. The Kier molecular flexibility index (Phi) is 6.06. The third-order valence-electron chi connectivity index (χ3n) is 5.71. The summed E-state index contributed by atoms with van der Waals surface area (Å²) in [6, 6.07) is 20.4. The molecule has 10 heteroatoms. The Morgan fingerprint density at radius 1 is 1.09 bits per heavy atom. The molecular weight excluding hydrogens is 465 g/mol. The third kappa shape index (κ3) is 4.46. The van der Waals surface area contributed by atoms with Gasteiger partial charge < -0.3 is 25.1 Å². The lowest BCUT2D eigenvalue weighted by Crippen LogP contribution is -2.31. The first-order chi connectivity index (χ1) is 16.5. The number of amidine groups is 1. The predicted octanol–water partition coefficient (Wildman–Crippen LogP) is 5.00. The van der Waals surface area contributed by atoms with Crippen molar-refractivity contribution in [3.05, 3.63) is 77.4 Å². The minimum atomic E-state index is -5.08. The van der Waals surface area contributed by atoms with Gasteiger partial charge in [0, 0.05) is 11.1 Å². The minimum Gasteiger partial charge on any atom is -0.497 e. The van der Waals surface area contributed by atoms with Crippen LogP contribution in [0.3, 0.4) is 0 Å². The summed E-state index contributed by atoms with van der Waals surface area (Å²) in [5, 5.41) is 7.12. The minimum absolute atomic E-state index is 0.183. The van der Waals surface area contributed by atoms with Gasteiger partial charge in [0.1, 0.15) is 23.9 Å². The molecule has 2 aliphatic heterocycles. The van der Waals surface area contributed by atoms with Gasteiger partial charge in [-0.15, -0.1) is 0 Å². The summed E-state index contributed by atoms with van der Waals surface area (Å²) >= 11 is 0. The molecule has 0 amide bonds. The lowest BCUT2D eigenvalue weighted by Gasteiger charge is -2.34. The smallest absolute Gasteiger partial charge is 0.490 e. The number of ether oxygens (including phenoxy) is 3. The van der Waals surface area contributed by atoms with Crippen LogP contribution in [0.15, 0.2) is 65.7 Å². The Labute approximate surface area is 198 Å². The highest BCUT2D eigenvalue weighted by Gasteiger charge is 2.47. The van der Waals surface area contributed by atoms with E-state index in [4.69, 9.17) is 34.8 Å². The molecule has 2 aliphatic rings. The number of hydrogen-bond donors (Lipinski definition) is 2. The maximum atomic E-state index is 10.6. The van der Waals surface area contributed by atoms with Gasteiger partial charge in [0.2, 0.25) is 0 Å². The number of carbonyl (C=O) groups is 1. The van der Waals surface area contributed by atoms with Gasteiger partial charge in [-0.2, -0.15) is 13.2 Å². The fraction of sp³-hybridized carbons (Fsp3) is 0.200. The van der Waals surface area contributed by atoms with E-state index in [0.717, 1.165) is 33.9 Å². The molecule has 1 atom stereocenters. The van der Waals surface area contributed by atoms with Crippen LogP contribution in [0.1, 0.15) is 16.7 Å². The second kappa shape index (κ2) is 8.86. The number of carboxylic acid groups (broad SMARTS) is 1. The standard InChI is InChI=1S/C23H20N2O3.C2HF3O2/c1-14-5-3-4-6-17(14)15-7-9-20-18(11-15)23(13-27-22(24)25-23)19-12-16(26-2)8-10-21(19)28-20;3-2(4,5)1(6)7/h3-12H,13H2,1-2H3,(H2,24,25);(H,6,7). The molecule has 0 saturated carbocycles. The molecule has 0 aliphatic carbocycles. The van der Waals surface area contributed by atoms with E-state index in [2.05, 4.69) is 31.2 Å². The lowest BCUT2D eigenvalue weighted by atomic mass is 9.80. The Hall–Kier alpha value is -4.21. The van der Waals surface area contributed by atoms with Crippen LogP contribution < -0.4 is 15.2 Å². The molecule has 1 unspecified atom stereocenters. The number of benzene rings is 3. The number of aryl methyl sites for hydroxylation is 1. The van der Waals surface area contributed by atoms with Crippen LogP contribution >= 0.6 is 0 Å². The molecule has 2 heterocycles. The average molecular weight is 486 g/mol. The van der Waals surface area contributed by atoms with Crippen LogP contribution in [0.25, 0.3) is 11.1 Å². The number of methoxy groups -OCH3 is 1. The molecule has 5 rings (SSSR count). The van der Waals surface area contributed by atoms with Crippen molar-refractivity contribution in [3.63, 3.8) is 0 Å². The first-order valence-electron chi connectivity index (χ1n) is 10.4. The summed E-state index contributed by atoms with van der Waals surface area (Å²) in [6.45, 7) is 2.43. The van der Waals surface area contributed by atoms with Crippen LogP contribution in [-0.2, 0) is 15.1 Å². The largest absolute Gasteiger partial charge is 0.497 e. The van der Waals surface area contributed by atoms with E-state index in [-0.39, 0.29) is 6.02 Å². The van der Waals surface area contributed by atoms with E-state index in [9.17, 15) is 13.2 Å². The van der Waals surface area contributed by atoms with E-state index >= 15 is 0 Å². The quantitative estimate of drug-likeness (QED) is 0.529. The van der Waals surface area contributed by atoms with Gasteiger partial charge in [0.15, 0.2) is 5.54 Å². The monoisotopic (exact) mass is 486 g/mol. The number of aliphatic carboxylic acids is 1. The van der Waals surface area contributed by atoms with Gasteiger partial charge in [-0.3, -0.25) is 0 Å². The number of nitrogens with zero attached hydrogens (tertiary/aromatic N) is 1. The van der Waals surface area contributed by atoms with Gasteiger partial charge in [-0.25, -0.2) is 9.79 Å². The fourth-order valence-electron chi connectivity index (χ4n) is 4.03. The second-order valence-corrected chi connectivity index (χ2v) is 7.89. The molecule has 35 heavy (non-hydrogen) atoms. The van der Waals surface area contributed by atoms with Crippen LogP contribution in [0.5, 0.6) is 17.2 Å². The third-order valence-corrected chi connectivity index (χ3v) is 5.71. The first kappa shape index (κ1) is 23.9. The lowest BCUT2D eigenvalue weighted by molar-refractivity contribution is -0.192. The van der Waals surface area contributed by atoms with Crippen molar-refractivity contribution in [3.8, 4) is 28.4 Å². The number of fused-ring (bicyclic) bond motifs is 4. The summed E-state index contributed by atoms with van der Waals surface area (Å²) in [4.78, 5) is 13.6. The second-order valence-electron chi connectivity index (χ2n) is 7.89. The zero-order valence-corrected chi connectivity index (χ0v) is 18.7. The first-order valence-corrected chi connectivity index (χ1v) is 10.4. The average Bonchev–Trinajstić information content (AvgIpc) is 3.21. The Morgan fingerprint density at radius 3 is 2.29 bits per heavy atom. The normalized spacial score (nSPS) is 17.7. The molecule has 0 aromatic heterocycles. The summed E-state index contributed by atoms with van der Waals surface area (Å²) in [5.41, 5.74) is 10.5. The number of alkyl halides is 3. The molecule has 3 aromatic carbocycles. The number of carboxylic acids is 1. The number of hydrogen-bond acceptors (Lipinski definition) is 6. The molecule has 0 fully saturated rings. The van der Waals surface area contributed by atoms with E-state index in [1.165, 1.54) is 11.1 Å². The van der Waals surface area contributed by atoms with Crippen LogP contribution in [0.4, 0.5) is 13.2 Å². The Bertz CT molecular complexity index is 1320. The maximum absolute atomic E-state index is 10.6. The predicted molar refractivity (Wildman–Crippen MR) is 122 cm³/mol. The number of nitrogens with two attached hydrogens (primary N) is 1. The van der Waals surface area contributed by atoms with E-state index in [1.54, 1.807) is 7.11 Å². The van der Waals surface area contributed by atoms with Crippen molar-refractivity contribution in [2.45, 2.75) is 18.6 Å². The van der Waals surface area contributed by atoms with E-state index < -0.39 is 17.7 Å². The number of aliphatic imine (C=N–C) groups is 1.